The van der Waals surface area contributed by atoms with Gasteiger partial charge in [0.05, 0.1) is 15.9 Å². The van der Waals surface area contributed by atoms with Crippen LogP contribution in [0.3, 0.4) is 0 Å². The summed E-state index contributed by atoms with van der Waals surface area (Å²) in [6.07, 6.45) is 1.22. The van der Waals surface area contributed by atoms with Crippen LogP contribution >= 0.6 is 15.9 Å². The van der Waals surface area contributed by atoms with E-state index in [2.05, 4.69) is 26.2 Å². The van der Waals surface area contributed by atoms with Gasteiger partial charge in [0.25, 0.3) is 5.69 Å². The first-order chi connectivity index (χ1) is 10.1. The van der Waals surface area contributed by atoms with Crippen LogP contribution in [0.15, 0.2) is 41.0 Å². The number of benzene rings is 1. The highest BCUT2D eigenvalue weighted by Crippen LogP contribution is 2.24. The van der Waals surface area contributed by atoms with Crippen molar-refractivity contribution in [2.45, 2.75) is 6.92 Å². The normalized spacial score (nSPS) is 10.2. The van der Waals surface area contributed by atoms with Crippen molar-refractivity contribution in [3.05, 3.63) is 56.7 Å². The summed E-state index contributed by atoms with van der Waals surface area (Å²) in [4.78, 5) is 14.1. The Labute approximate surface area is 130 Å². The molecule has 0 saturated carbocycles. The first kappa shape index (κ1) is 15.2. The number of nitrogens with one attached hydrogen (secondary N) is 1. The zero-order valence-corrected chi connectivity index (χ0v) is 13.0. The molecule has 1 aromatic heterocycles. The van der Waals surface area contributed by atoms with E-state index in [0.717, 1.165) is 11.3 Å². The third-order valence-electron chi connectivity index (χ3n) is 2.69. The molecule has 110 valence electrons. The van der Waals surface area contributed by atoms with Crippen molar-refractivity contribution in [2.75, 3.05) is 18.5 Å². The lowest BCUT2D eigenvalue weighted by Gasteiger charge is -2.09. The Balaban J connectivity index is 1.85. The number of hydrogen-bond donors (Lipinski definition) is 1. The summed E-state index contributed by atoms with van der Waals surface area (Å²) in [5.41, 5.74) is 1.09. The fourth-order valence-electron chi connectivity index (χ4n) is 1.70. The quantitative estimate of drug-likeness (QED) is 0.489. The van der Waals surface area contributed by atoms with Gasteiger partial charge in [-0.15, -0.1) is 0 Å². The summed E-state index contributed by atoms with van der Waals surface area (Å²) in [6.45, 7) is 3.01. The van der Waals surface area contributed by atoms with Crippen LogP contribution in [0.2, 0.25) is 0 Å². The summed E-state index contributed by atoms with van der Waals surface area (Å²) in [5, 5.41) is 13.7. The van der Waals surface area contributed by atoms with E-state index < -0.39 is 4.92 Å². The molecule has 6 nitrogen and oxygen atoms in total. The van der Waals surface area contributed by atoms with Crippen LogP contribution in [-0.4, -0.2) is 23.1 Å². The molecule has 2 rings (SSSR count). The number of nitrogens with zero attached hydrogens (tertiary/aromatic N) is 2. The molecule has 0 radical (unpaired) electrons. The Morgan fingerprint density at radius 2 is 2.24 bits per heavy atom. The van der Waals surface area contributed by atoms with Crippen LogP contribution in [-0.2, 0) is 0 Å². The summed E-state index contributed by atoms with van der Waals surface area (Å²) in [6, 6.07) is 9.21. The fourth-order valence-corrected chi connectivity index (χ4v) is 2.18. The Kier molecular flexibility index (Phi) is 5.10. The molecule has 0 aliphatic rings. The molecule has 0 fully saturated rings. The van der Waals surface area contributed by atoms with Gasteiger partial charge < -0.3 is 10.1 Å². The maximum atomic E-state index is 10.6. The van der Waals surface area contributed by atoms with E-state index in [0.29, 0.717) is 23.4 Å². The molecule has 1 N–H and O–H groups in total. The van der Waals surface area contributed by atoms with E-state index in [1.54, 1.807) is 0 Å². The second kappa shape index (κ2) is 7.03. The summed E-state index contributed by atoms with van der Waals surface area (Å²) in [7, 11) is 0. The molecule has 21 heavy (non-hydrogen) atoms. The number of pyridine rings is 1. The van der Waals surface area contributed by atoms with E-state index in [1.807, 2.05) is 31.2 Å². The molecule has 1 aromatic carbocycles. The van der Waals surface area contributed by atoms with Gasteiger partial charge in [0, 0.05) is 6.07 Å². The molecular weight excluding hydrogens is 338 g/mol. The van der Waals surface area contributed by atoms with Gasteiger partial charge in [-0.1, -0.05) is 12.1 Å². The van der Waals surface area contributed by atoms with Crippen molar-refractivity contribution >= 4 is 27.4 Å². The second-order valence-electron chi connectivity index (χ2n) is 4.37. The minimum atomic E-state index is -0.484. The van der Waals surface area contributed by atoms with E-state index in [-0.39, 0.29) is 5.69 Å². The predicted octanol–water partition coefficient (Wildman–Crippen LogP) is 3.55. The molecule has 0 bridgehead atoms. The first-order valence-corrected chi connectivity index (χ1v) is 7.09. The molecule has 0 unspecified atom stereocenters. The third kappa shape index (κ3) is 4.42. The smallest absolute Gasteiger partial charge is 0.288 e. The fraction of sp³-hybridized carbons (Fsp3) is 0.214. The predicted molar refractivity (Wildman–Crippen MR) is 83.8 cm³/mol. The molecular formula is C14H14BrN3O3. The Hall–Kier alpha value is -2.15. The maximum absolute atomic E-state index is 10.6. The van der Waals surface area contributed by atoms with Gasteiger partial charge in [-0.2, -0.15) is 0 Å². The van der Waals surface area contributed by atoms with Crippen molar-refractivity contribution in [3.8, 4) is 5.75 Å². The molecule has 0 aliphatic heterocycles. The van der Waals surface area contributed by atoms with E-state index in [1.165, 1.54) is 12.3 Å². The number of hydrogen-bond acceptors (Lipinski definition) is 5. The van der Waals surface area contributed by atoms with Crippen molar-refractivity contribution in [3.63, 3.8) is 0 Å². The van der Waals surface area contributed by atoms with Crippen LogP contribution in [0.25, 0.3) is 0 Å². The van der Waals surface area contributed by atoms with Gasteiger partial charge in [0.2, 0.25) is 0 Å². The summed E-state index contributed by atoms with van der Waals surface area (Å²) >= 11 is 3.25. The van der Waals surface area contributed by atoms with Gasteiger partial charge in [-0.3, -0.25) is 10.1 Å². The zero-order chi connectivity index (χ0) is 15.2. The van der Waals surface area contributed by atoms with E-state index in [9.17, 15) is 10.1 Å². The Morgan fingerprint density at radius 3 is 2.90 bits per heavy atom. The average molecular weight is 352 g/mol. The lowest BCUT2D eigenvalue weighted by molar-refractivity contribution is -0.385. The number of ether oxygens (including phenoxy) is 1. The molecule has 0 spiro atoms. The monoisotopic (exact) mass is 351 g/mol. The van der Waals surface area contributed by atoms with Gasteiger partial charge in [0.1, 0.15) is 24.4 Å². The number of anilines is 1. The number of rotatable bonds is 6. The van der Waals surface area contributed by atoms with Gasteiger partial charge in [-0.25, -0.2) is 4.98 Å². The largest absolute Gasteiger partial charge is 0.492 e. The SMILES string of the molecule is Cc1cccc(OCCNc2ncc([N+](=O)[O-])cc2Br)c1. The minimum absolute atomic E-state index is 0.0524. The first-order valence-electron chi connectivity index (χ1n) is 6.29. The van der Waals surface area contributed by atoms with Crippen molar-refractivity contribution in [1.82, 2.24) is 4.98 Å². The summed E-state index contributed by atoms with van der Waals surface area (Å²) in [5.74, 6) is 1.36. The van der Waals surface area contributed by atoms with Gasteiger partial charge >= 0.3 is 0 Å². The molecule has 7 heteroatoms. The number of halogens is 1. The average Bonchev–Trinajstić information content (AvgIpc) is 2.45. The van der Waals surface area contributed by atoms with Crippen molar-refractivity contribution < 1.29 is 9.66 Å². The molecule has 0 amide bonds. The van der Waals surface area contributed by atoms with E-state index >= 15 is 0 Å². The second-order valence-corrected chi connectivity index (χ2v) is 5.23. The number of nitro groups is 1. The van der Waals surface area contributed by atoms with Crippen molar-refractivity contribution in [2.24, 2.45) is 0 Å². The standard InChI is InChI=1S/C14H14BrN3O3/c1-10-3-2-4-12(7-10)21-6-5-16-14-13(15)8-11(9-17-14)18(19)20/h2-4,7-9H,5-6H2,1H3,(H,16,17). The van der Waals surface area contributed by atoms with E-state index in [4.69, 9.17) is 4.74 Å². The van der Waals surface area contributed by atoms with Gasteiger partial charge in [-0.05, 0) is 40.5 Å². The van der Waals surface area contributed by atoms with Crippen LogP contribution in [0.1, 0.15) is 5.56 Å². The topological polar surface area (TPSA) is 77.3 Å². The molecule has 0 saturated heterocycles. The highest BCUT2D eigenvalue weighted by Gasteiger charge is 2.10. The van der Waals surface area contributed by atoms with Crippen LogP contribution in [0.5, 0.6) is 5.75 Å². The Morgan fingerprint density at radius 1 is 1.43 bits per heavy atom. The third-order valence-corrected chi connectivity index (χ3v) is 3.29. The van der Waals surface area contributed by atoms with Crippen molar-refractivity contribution in [1.29, 1.82) is 0 Å². The van der Waals surface area contributed by atoms with Crippen LogP contribution in [0, 0.1) is 17.0 Å². The molecule has 0 atom stereocenters. The molecule has 2 aromatic rings. The number of aryl methyl sites for hydroxylation is 1. The lowest BCUT2D eigenvalue weighted by Crippen LogP contribution is -2.12. The highest BCUT2D eigenvalue weighted by molar-refractivity contribution is 9.10. The molecule has 0 aliphatic carbocycles. The number of aromatic nitrogens is 1. The Bertz CT molecular complexity index is 649. The highest BCUT2D eigenvalue weighted by atomic mass is 79.9. The summed E-state index contributed by atoms with van der Waals surface area (Å²) < 4.78 is 6.14. The maximum Gasteiger partial charge on any atom is 0.288 e. The molecule has 1 heterocycles. The van der Waals surface area contributed by atoms with Crippen LogP contribution in [0.4, 0.5) is 11.5 Å². The lowest BCUT2D eigenvalue weighted by atomic mass is 10.2. The zero-order valence-electron chi connectivity index (χ0n) is 11.4. The van der Waals surface area contributed by atoms with Gasteiger partial charge in [0.15, 0.2) is 0 Å². The van der Waals surface area contributed by atoms with Crippen LogP contribution < -0.4 is 10.1 Å². The minimum Gasteiger partial charge on any atom is -0.492 e.